The number of aliphatic imine (C=N–C) groups is 1. The summed E-state index contributed by atoms with van der Waals surface area (Å²) in [7, 11) is 0. The number of amidine groups is 1. The monoisotopic (exact) mass is 449 g/mol. The molecule has 2 N–H and O–H groups in total. The summed E-state index contributed by atoms with van der Waals surface area (Å²) < 4.78 is 18.1. The lowest BCUT2D eigenvalue weighted by Gasteiger charge is -2.34. The van der Waals surface area contributed by atoms with Crippen molar-refractivity contribution in [1.82, 2.24) is 4.98 Å². The minimum absolute atomic E-state index is 0.0510. The molecule has 3 heterocycles. The first kappa shape index (κ1) is 20.8. The van der Waals surface area contributed by atoms with Gasteiger partial charge in [-0.05, 0) is 61.2 Å². The number of aryl methyl sites for hydroxylation is 2. The molecule has 0 radical (unpaired) electrons. The zero-order valence-electron chi connectivity index (χ0n) is 19.0. The van der Waals surface area contributed by atoms with E-state index in [1.807, 2.05) is 38.1 Å². The van der Waals surface area contributed by atoms with E-state index in [4.69, 9.17) is 24.9 Å². The fourth-order valence-electron chi connectivity index (χ4n) is 4.16. The van der Waals surface area contributed by atoms with Gasteiger partial charge in [0.25, 0.3) is 6.02 Å². The minimum atomic E-state index is -0.780. The number of aromatic nitrogens is 1. The Bertz CT molecular complexity index is 1240. The Balaban J connectivity index is 1.64. The van der Waals surface area contributed by atoms with Gasteiger partial charge in [-0.2, -0.15) is 0 Å². The predicted molar refractivity (Wildman–Crippen MR) is 127 cm³/mol. The van der Waals surface area contributed by atoms with Crippen LogP contribution in [0.2, 0.25) is 0 Å². The van der Waals surface area contributed by atoms with E-state index in [1.54, 1.807) is 11.3 Å². The van der Waals surface area contributed by atoms with Gasteiger partial charge in [0.1, 0.15) is 23.9 Å². The average molecular weight is 450 g/mol. The van der Waals surface area contributed by atoms with E-state index in [0.717, 1.165) is 49.5 Å². The van der Waals surface area contributed by atoms with Crippen LogP contribution in [-0.2, 0) is 10.3 Å². The van der Waals surface area contributed by atoms with Gasteiger partial charge in [0.05, 0.1) is 22.2 Å². The van der Waals surface area contributed by atoms with Gasteiger partial charge in [0.2, 0.25) is 0 Å². The molecule has 7 heteroatoms. The normalized spacial score (nSPS) is 19.1. The molecule has 2 aliphatic heterocycles. The van der Waals surface area contributed by atoms with Crippen molar-refractivity contribution in [3.63, 3.8) is 0 Å². The van der Waals surface area contributed by atoms with Gasteiger partial charge in [0, 0.05) is 11.1 Å². The van der Waals surface area contributed by atoms with Crippen molar-refractivity contribution in [1.29, 1.82) is 0 Å². The van der Waals surface area contributed by atoms with E-state index in [9.17, 15) is 0 Å². The lowest BCUT2D eigenvalue weighted by molar-refractivity contribution is 0.197. The van der Waals surface area contributed by atoms with Gasteiger partial charge in [-0.1, -0.05) is 20.8 Å². The molecule has 0 bridgehead atoms. The van der Waals surface area contributed by atoms with E-state index in [2.05, 4.69) is 37.9 Å². The molecule has 1 atom stereocenters. The Labute approximate surface area is 192 Å². The Morgan fingerprint density at radius 1 is 1.09 bits per heavy atom. The third kappa shape index (κ3) is 3.50. The maximum absolute atomic E-state index is 6.29. The summed E-state index contributed by atoms with van der Waals surface area (Å²) in [6.45, 7) is 11.4. The third-order valence-electron chi connectivity index (χ3n) is 5.61. The van der Waals surface area contributed by atoms with Gasteiger partial charge >= 0.3 is 0 Å². The minimum Gasteiger partial charge on any atom is -0.493 e. The largest absolute Gasteiger partial charge is 0.493 e. The van der Waals surface area contributed by atoms with Crippen molar-refractivity contribution in [3.05, 3.63) is 58.2 Å². The fraction of sp³-hybridized carbons (Fsp3) is 0.360. The highest BCUT2D eigenvalue weighted by atomic mass is 32.1. The molecule has 0 unspecified atom stereocenters. The molecule has 32 heavy (non-hydrogen) atoms. The fourth-order valence-corrected chi connectivity index (χ4v) is 5.08. The first-order chi connectivity index (χ1) is 15.1. The molecule has 0 fully saturated rings. The van der Waals surface area contributed by atoms with Crippen molar-refractivity contribution >= 4 is 17.4 Å². The van der Waals surface area contributed by atoms with Crippen LogP contribution in [0.1, 0.15) is 42.6 Å². The first-order valence-electron chi connectivity index (χ1n) is 10.7. The topological polar surface area (TPSA) is 79.0 Å². The molecule has 5 rings (SSSR count). The number of hydrogen-bond acceptors (Lipinski definition) is 7. The summed E-state index contributed by atoms with van der Waals surface area (Å²) in [5, 5.41) is 1.04. The number of thiazole rings is 1. The number of fused-ring (bicyclic) bond motifs is 4. The van der Waals surface area contributed by atoms with Crippen molar-refractivity contribution in [2.24, 2.45) is 16.1 Å². The van der Waals surface area contributed by atoms with Gasteiger partial charge in [0.15, 0.2) is 5.54 Å². The SMILES string of the molecule is Cc1nc(C)c(-c2ccc3c(c2)[C@@]2(COC(N)=N2)c2cc(OCC(C)(C)C)ccc2O3)s1. The molecule has 2 aromatic carbocycles. The molecular formula is C25H27N3O3S. The molecule has 3 aromatic rings. The van der Waals surface area contributed by atoms with Crippen LogP contribution in [0, 0.1) is 19.3 Å². The van der Waals surface area contributed by atoms with E-state index in [1.165, 1.54) is 0 Å². The standard InChI is InChI=1S/C25H27N3O3S/c1-14-22(32-15(2)27-14)16-6-8-20-18(10-16)25(13-30-23(26)28-25)19-11-17(7-9-21(19)31-20)29-12-24(3,4)5/h6-11H,12-13H2,1-5H3,(H2,26,28)/t25-/m0/s1. The molecule has 0 aliphatic carbocycles. The molecule has 2 aliphatic rings. The Kier molecular flexibility index (Phi) is 4.71. The molecule has 1 aromatic heterocycles. The highest BCUT2D eigenvalue weighted by Crippen LogP contribution is 2.52. The number of nitrogens with zero attached hydrogens (tertiary/aromatic N) is 2. The molecule has 1 spiro atoms. The predicted octanol–water partition coefficient (Wildman–Crippen LogP) is 5.55. The second-order valence-electron chi connectivity index (χ2n) is 9.57. The highest BCUT2D eigenvalue weighted by Gasteiger charge is 2.47. The zero-order valence-corrected chi connectivity index (χ0v) is 19.8. The summed E-state index contributed by atoms with van der Waals surface area (Å²) in [6.07, 6.45) is 0. The maximum atomic E-state index is 6.29. The van der Waals surface area contributed by atoms with E-state index >= 15 is 0 Å². The zero-order chi connectivity index (χ0) is 22.7. The number of nitrogens with two attached hydrogens (primary N) is 1. The van der Waals surface area contributed by atoms with Gasteiger partial charge in [-0.25, -0.2) is 9.98 Å². The number of ether oxygens (including phenoxy) is 3. The second-order valence-corrected chi connectivity index (χ2v) is 10.8. The maximum Gasteiger partial charge on any atom is 0.283 e. The van der Waals surface area contributed by atoms with Crippen LogP contribution in [0.25, 0.3) is 10.4 Å². The first-order valence-corrected chi connectivity index (χ1v) is 11.5. The quantitative estimate of drug-likeness (QED) is 0.567. The van der Waals surface area contributed by atoms with Crippen LogP contribution in [0.4, 0.5) is 0 Å². The van der Waals surface area contributed by atoms with E-state index in [-0.39, 0.29) is 11.4 Å². The van der Waals surface area contributed by atoms with E-state index < -0.39 is 5.54 Å². The number of rotatable bonds is 3. The summed E-state index contributed by atoms with van der Waals surface area (Å²) in [4.78, 5) is 10.5. The van der Waals surface area contributed by atoms with Crippen LogP contribution in [-0.4, -0.2) is 24.2 Å². The van der Waals surface area contributed by atoms with Crippen molar-refractivity contribution in [2.75, 3.05) is 13.2 Å². The highest BCUT2D eigenvalue weighted by molar-refractivity contribution is 7.15. The molecule has 166 valence electrons. The van der Waals surface area contributed by atoms with Crippen LogP contribution >= 0.6 is 11.3 Å². The van der Waals surface area contributed by atoms with Gasteiger partial charge in [-0.15, -0.1) is 11.3 Å². The smallest absolute Gasteiger partial charge is 0.283 e. The van der Waals surface area contributed by atoms with Crippen molar-refractivity contribution < 1.29 is 14.2 Å². The summed E-state index contributed by atoms with van der Waals surface area (Å²) >= 11 is 1.68. The second kappa shape index (κ2) is 7.24. The van der Waals surface area contributed by atoms with E-state index in [0.29, 0.717) is 13.2 Å². The van der Waals surface area contributed by atoms with Crippen molar-refractivity contribution in [3.8, 4) is 27.7 Å². The number of hydrogen-bond donors (Lipinski definition) is 1. The Morgan fingerprint density at radius 2 is 1.81 bits per heavy atom. The van der Waals surface area contributed by atoms with Crippen LogP contribution in [0.5, 0.6) is 17.2 Å². The van der Waals surface area contributed by atoms with Crippen LogP contribution in [0.3, 0.4) is 0 Å². The summed E-state index contributed by atoms with van der Waals surface area (Å²) in [6, 6.07) is 12.3. The van der Waals surface area contributed by atoms with Crippen LogP contribution < -0.4 is 15.2 Å². The Hall–Kier alpha value is -3.06. The van der Waals surface area contributed by atoms with Crippen LogP contribution in [0.15, 0.2) is 41.4 Å². The molecule has 0 amide bonds. The summed E-state index contributed by atoms with van der Waals surface area (Å²) in [5.41, 5.74) is 9.23. The lowest BCUT2D eigenvalue weighted by Crippen LogP contribution is -2.31. The van der Waals surface area contributed by atoms with Crippen molar-refractivity contribution in [2.45, 2.75) is 40.2 Å². The van der Waals surface area contributed by atoms with Gasteiger partial charge < -0.3 is 19.9 Å². The molecular weight excluding hydrogens is 422 g/mol. The molecule has 0 saturated heterocycles. The number of benzene rings is 2. The summed E-state index contributed by atoms with van der Waals surface area (Å²) in [5.74, 6) is 2.27. The average Bonchev–Trinajstić information content (AvgIpc) is 3.28. The lowest BCUT2D eigenvalue weighted by atomic mass is 9.80. The Morgan fingerprint density at radius 3 is 2.44 bits per heavy atom. The molecule has 6 nitrogen and oxygen atoms in total. The molecule has 0 saturated carbocycles. The third-order valence-corrected chi connectivity index (χ3v) is 6.73. The van der Waals surface area contributed by atoms with Gasteiger partial charge in [-0.3, -0.25) is 0 Å².